The minimum absolute atomic E-state index is 0.000727. The Morgan fingerprint density at radius 2 is 1.97 bits per heavy atom. The molecule has 4 nitrogen and oxygen atoms in total. The van der Waals surface area contributed by atoms with Gasteiger partial charge in [0.15, 0.2) is 0 Å². The third-order valence-electron chi connectivity index (χ3n) is 6.01. The Bertz CT molecular complexity index is 1050. The quantitative estimate of drug-likeness (QED) is 0.565. The van der Waals surface area contributed by atoms with Crippen LogP contribution in [0.25, 0.3) is 10.4 Å². The van der Waals surface area contributed by atoms with Gasteiger partial charge in [0, 0.05) is 6.54 Å². The number of aryl methyl sites for hydroxylation is 1. The first kappa shape index (κ1) is 19.4. The van der Waals surface area contributed by atoms with Gasteiger partial charge in [-0.2, -0.15) is 0 Å². The fraction of sp³-hybridized carbons (Fsp3) is 0.333. The molecule has 1 aliphatic heterocycles. The molecule has 2 heterocycles. The molecule has 5 rings (SSSR count). The highest BCUT2D eigenvalue weighted by Gasteiger charge is 2.54. The van der Waals surface area contributed by atoms with Crippen molar-refractivity contribution in [3.63, 3.8) is 0 Å². The number of rotatable bonds is 6. The summed E-state index contributed by atoms with van der Waals surface area (Å²) in [6.07, 6.45) is 1.16. The Morgan fingerprint density at radius 1 is 1.20 bits per heavy atom. The highest BCUT2D eigenvalue weighted by Crippen LogP contribution is 2.50. The molecule has 3 atom stereocenters. The van der Waals surface area contributed by atoms with Crippen molar-refractivity contribution in [3.05, 3.63) is 76.7 Å². The number of benzene rings is 2. The van der Waals surface area contributed by atoms with Crippen molar-refractivity contribution in [3.8, 4) is 10.4 Å². The number of amides is 1. The first-order valence-corrected chi connectivity index (χ1v) is 11.1. The molecule has 1 aliphatic carbocycles. The second kappa shape index (κ2) is 7.93. The van der Waals surface area contributed by atoms with Crippen molar-refractivity contribution in [2.24, 2.45) is 11.8 Å². The largest absolute Gasteiger partial charge is 0.375 e. The summed E-state index contributed by atoms with van der Waals surface area (Å²) in [6.45, 7) is 3.63. The number of likely N-dealkylation sites (tertiary alicyclic amines) is 1. The molecule has 1 saturated carbocycles. The number of carbonyl (C=O) groups is 1. The summed E-state index contributed by atoms with van der Waals surface area (Å²) in [7, 11) is 0. The van der Waals surface area contributed by atoms with E-state index >= 15 is 0 Å². The van der Waals surface area contributed by atoms with Gasteiger partial charge in [-0.15, -0.1) is 11.3 Å². The summed E-state index contributed by atoms with van der Waals surface area (Å²) >= 11 is 1.56. The van der Waals surface area contributed by atoms with Crippen LogP contribution < -0.4 is 0 Å². The molecule has 2 aliphatic rings. The topological polar surface area (TPSA) is 42.4 Å². The van der Waals surface area contributed by atoms with Crippen LogP contribution in [0.15, 0.2) is 54.6 Å². The number of piperidine rings is 1. The van der Waals surface area contributed by atoms with Crippen molar-refractivity contribution >= 4 is 17.2 Å². The molecule has 3 aromatic rings. The monoisotopic (exact) mass is 422 g/mol. The first-order chi connectivity index (χ1) is 14.6. The lowest BCUT2D eigenvalue weighted by molar-refractivity contribution is 0.0425. The predicted octanol–water partition coefficient (Wildman–Crippen LogP) is 4.93. The molecule has 2 fully saturated rings. The minimum Gasteiger partial charge on any atom is -0.375 e. The van der Waals surface area contributed by atoms with Crippen LogP contribution in [-0.2, 0) is 11.3 Å². The lowest BCUT2D eigenvalue weighted by Gasteiger charge is -2.27. The number of hydrogen-bond acceptors (Lipinski definition) is 4. The summed E-state index contributed by atoms with van der Waals surface area (Å²) in [5.74, 6) is 0.844. The van der Waals surface area contributed by atoms with Gasteiger partial charge >= 0.3 is 0 Å². The Hall–Kier alpha value is -2.57. The second-order valence-corrected chi connectivity index (χ2v) is 9.31. The van der Waals surface area contributed by atoms with E-state index in [-0.39, 0.29) is 17.8 Å². The van der Waals surface area contributed by atoms with E-state index in [0.717, 1.165) is 34.0 Å². The van der Waals surface area contributed by atoms with E-state index < -0.39 is 0 Å². The van der Waals surface area contributed by atoms with E-state index in [2.05, 4.69) is 4.98 Å². The third kappa shape index (κ3) is 3.77. The number of fused-ring (bicyclic) bond motifs is 1. The van der Waals surface area contributed by atoms with Crippen LogP contribution in [0.4, 0.5) is 4.39 Å². The van der Waals surface area contributed by atoms with Gasteiger partial charge in [-0.25, -0.2) is 9.37 Å². The van der Waals surface area contributed by atoms with Gasteiger partial charge in [-0.05, 0) is 48.4 Å². The summed E-state index contributed by atoms with van der Waals surface area (Å²) < 4.78 is 19.0. The van der Waals surface area contributed by atoms with Gasteiger partial charge in [0.25, 0.3) is 5.91 Å². The molecule has 1 saturated heterocycles. The number of carbonyl (C=O) groups excluding carboxylic acids is 1. The predicted molar refractivity (Wildman–Crippen MR) is 115 cm³/mol. The molecular weight excluding hydrogens is 399 g/mol. The summed E-state index contributed by atoms with van der Waals surface area (Å²) in [5.41, 5.74) is 2.51. The van der Waals surface area contributed by atoms with Gasteiger partial charge in [-0.3, -0.25) is 4.79 Å². The minimum atomic E-state index is -0.250. The summed E-state index contributed by atoms with van der Waals surface area (Å²) in [5, 5.41) is 0.894. The van der Waals surface area contributed by atoms with E-state index in [4.69, 9.17) is 4.74 Å². The van der Waals surface area contributed by atoms with Gasteiger partial charge in [0.05, 0.1) is 29.1 Å². The molecule has 0 N–H and O–H groups in total. The lowest BCUT2D eigenvalue weighted by Crippen LogP contribution is -2.41. The highest BCUT2D eigenvalue weighted by atomic mass is 32.1. The number of thiazole rings is 1. The SMILES string of the molecule is Cc1nc(C(=O)N2CC3CC3C2COCc2ccc(F)cc2)c(-c2ccccc2)s1. The van der Waals surface area contributed by atoms with Crippen molar-refractivity contribution in [1.29, 1.82) is 0 Å². The van der Waals surface area contributed by atoms with Crippen LogP contribution in [0, 0.1) is 24.6 Å². The number of halogens is 1. The Kier molecular flexibility index (Phi) is 5.13. The molecule has 1 amide bonds. The molecule has 2 aromatic carbocycles. The molecule has 154 valence electrons. The van der Waals surface area contributed by atoms with Crippen LogP contribution in [0.1, 0.15) is 27.5 Å². The number of aromatic nitrogens is 1. The maximum absolute atomic E-state index is 13.5. The second-order valence-electron chi connectivity index (χ2n) is 8.10. The normalized spacial score (nSPS) is 22.2. The maximum atomic E-state index is 13.5. The molecule has 0 radical (unpaired) electrons. The fourth-order valence-electron chi connectivity index (χ4n) is 4.39. The smallest absolute Gasteiger partial charge is 0.274 e. The number of nitrogens with zero attached hydrogens (tertiary/aromatic N) is 2. The van der Waals surface area contributed by atoms with E-state index in [9.17, 15) is 9.18 Å². The van der Waals surface area contributed by atoms with Crippen molar-refractivity contribution < 1.29 is 13.9 Å². The van der Waals surface area contributed by atoms with Crippen LogP contribution in [0.3, 0.4) is 0 Å². The van der Waals surface area contributed by atoms with E-state index in [1.807, 2.05) is 42.2 Å². The molecule has 6 heteroatoms. The van der Waals surface area contributed by atoms with Gasteiger partial charge in [0.2, 0.25) is 0 Å². The average molecular weight is 423 g/mol. The average Bonchev–Trinajstić information content (AvgIpc) is 3.28. The zero-order valence-electron chi connectivity index (χ0n) is 16.8. The number of hydrogen-bond donors (Lipinski definition) is 0. The Balaban J connectivity index is 1.31. The molecule has 1 aromatic heterocycles. The molecule has 0 spiro atoms. The third-order valence-corrected chi connectivity index (χ3v) is 7.03. The molecule has 30 heavy (non-hydrogen) atoms. The standard InChI is InChI=1S/C24H23FN2O2S/c1-15-26-22(23(30-15)17-5-3-2-4-6-17)24(28)27-12-18-11-20(18)21(27)14-29-13-16-7-9-19(25)10-8-16/h2-10,18,20-21H,11-14H2,1H3. The zero-order valence-corrected chi connectivity index (χ0v) is 17.6. The summed E-state index contributed by atoms with van der Waals surface area (Å²) in [6, 6.07) is 16.4. The van der Waals surface area contributed by atoms with E-state index in [1.165, 1.54) is 12.1 Å². The van der Waals surface area contributed by atoms with Crippen molar-refractivity contribution in [2.45, 2.75) is 26.0 Å². The Morgan fingerprint density at radius 3 is 2.73 bits per heavy atom. The van der Waals surface area contributed by atoms with Crippen LogP contribution in [-0.4, -0.2) is 35.0 Å². The number of ether oxygens (including phenoxy) is 1. The fourth-order valence-corrected chi connectivity index (χ4v) is 5.31. The highest BCUT2D eigenvalue weighted by molar-refractivity contribution is 7.15. The first-order valence-electron chi connectivity index (χ1n) is 10.3. The molecule has 3 unspecified atom stereocenters. The Labute approximate surface area is 179 Å². The van der Waals surface area contributed by atoms with Crippen molar-refractivity contribution in [1.82, 2.24) is 9.88 Å². The molecule has 0 bridgehead atoms. The van der Waals surface area contributed by atoms with Gasteiger partial charge in [0.1, 0.15) is 11.5 Å². The summed E-state index contributed by atoms with van der Waals surface area (Å²) in [4.78, 5) is 21.0. The maximum Gasteiger partial charge on any atom is 0.274 e. The van der Waals surface area contributed by atoms with Gasteiger partial charge in [-0.1, -0.05) is 42.5 Å². The van der Waals surface area contributed by atoms with Crippen LogP contribution >= 0.6 is 11.3 Å². The lowest BCUT2D eigenvalue weighted by atomic mass is 10.1. The van der Waals surface area contributed by atoms with Crippen LogP contribution in [0.2, 0.25) is 0 Å². The van der Waals surface area contributed by atoms with Gasteiger partial charge < -0.3 is 9.64 Å². The van der Waals surface area contributed by atoms with Crippen LogP contribution in [0.5, 0.6) is 0 Å². The van der Waals surface area contributed by atoms with E-state index in [0.29, 0.717) is 30.7 Å². The zero-order chi connectivity index (χ0) is 20.7. The van der Waals surface area contributed by atoms with Crippen molar-refractivity contribution in [2.75, 3.05) is 13.2 Å². The molecular formula is C24H23FN2O2S. The van der Waals surface area contributed by atoms with E-state index in [1.54, 1.807) is 23.5 Å².